The van der Waals surface area contributed by atoms with E-state index in [1.165, 1.54) is 6.42 Å². The van der Waals surface area contributed by atoms with Crippen molar-refractivity contribution in [3.8, 4) is 0 Å². The van der Waals surface area contributed by atoms with Gasteiger partial charge < -0.3 is 15.0 Å². The standard InChI is InChI=1S/C18H27N7O/c1-2-19-18(20-13-17-22-21-16-5-3-4-7-25(16)17)24-8-6-15(14-24)23-9-11-26-12-10-23/h3-5,7,15H,2,6,8-14H2,1H3,(H,19,20). The van der Waals surface area contributed by atoms with Crippen LogP contribution in [0.1, 0.15) is 19.2 Å². The van der Waals surface area contributed by atoms with Crippen LogP contribution in [-0.2, 0) is 11.3 Å². The first-order valence-electron chi connectivity index (χ1n) is 9.49. The molecule has 1 unspecified atom stereocenters. The molecule has 4 rings (SSSR count). The second-order valence-electron chi connectivity index (χ2n) is 6.75. The molecule has 8 nitrogen and oxygen atoms in total. The minimum Gasteiger partial charge on any atom is -0.379 e. The fourth-order valence-electron chi connectivity index (χ4n) is 3.75. The van der Waals surface area contributed by atoms with Crippen molar-refractivity contribution in [1.29, 1.82) is 0 Å². The van der Waals surface area contributed by atoms with Gasteiger partial charge in [0.15, 0.2) is 17.4 Å². The van der Waals surface area contributed by atoms with Crippen LogP contribution in [0.5, 0.6) is 0 Å². The Labute approximate surface area is 153 Å². The lowest BCUT2D eigenvalue weighted by atomic mass is 10.2. The van der Waals surface area contributed by atoms with Gasteiger partial charge >= 0.3 is 0 Å². The predicted molar refractivity (Wildman–Crippen MR) is 100 cm³/mol. The maximum atomic E-state index is 5.48. The lowest BCUT2D eigenvalue weighted by Crippen LogP contribution is -2.46. The molecule has 2 aliphatic rings. The van der Waals surface area contributed by atoms with Crippen molar-refractivity contribution < 1.29 is 4.74 Å². The number of hydrogen-bond donors (Lipinski definition) is 1. The number of rotatable bonds is 4. The molecule has 140 valence electrons. The van der Waals surface area contributed by atoms with Gasteiger partial charge in [-0.1, -0.05) is 6.07 Å². The molecule has 4 heterocycles. The molecule has 0 aromatic carbocycles. The minimum atomic E-state index is 0.520. The van der Waals surface area contributed by atoms with Gasteiger partial charge in [-0.05, 0) is 25.5 Å². The zero-order valence-corrected chi connectivity index (χ0v) is 15.3. The normalized spacial score (nSPS) is 22.3. The van der Waals surface area contributed by atoms with Crippen molar-refractivity contribution >= 4 is 11.6 Å². The fourth-order valence-corrected chi connectivity index (χ4v) is 3.75. The average Bonchev–Trinajstić information content (AvgIpc) is 3.33. The van der Waals surface area contributed by atoms with Gasteiger partial charge in [-0.15, -0.1) is 10.2 Å². The number of pyridine rings is 1. The zero-order valence-electron chi connectivity index (χ0n) is 15.3. The van der Waals surface area contributed by atoms with Crippen LogP contribution in [0, 0.1) is 0 Å². The molecule has 0 bridgehead atoms. The van der Waals surface area contributed by atoms with Crippen LogP contribution in [0.15, 0.2) is 29.4 Å². The van der Waals surface area contributed by atoms with E-state index < -0.39 is 0 Å². The van der Waals surface area contributed by atoms with E-state index in [0.29, 0.717) is 12.6 Å². The molecule has 0 aliphatic carbocycles. The Bertz CT molecular complexity index is 753. The molecular formula is C18H27N7O. The Balaban J connectivity index is 1.44. The highest BCUT2D eigenvalue weighted by atomic mass is 16.5. The number of ether oxygens (including phenoxy) is 1. The molecule has 8 heteroatoms. The first-order valence-corrected chi connectivity index (χ1v) is 9.49. The number of nitrogens with one attached hydrogen (secondary N) is 1. The molecule has 1 N–H and O–H groups in total. The van der Waals surface area contributed by atoms with Gasteiger partial charge in [-0.2, -0.15) is 0 Å². The lowest BCUT2D eigenvalue weighted by Gasteiger charge is -2.32. The van der Waals surface area contributed by atoms with Gasteiger partial charge in [0.1, 0.15) is 6.54 Å². The summed E-state index contributed by atoms with van der Waals surface area (Å²) in [6.07, 6.45) is 3.16. The molecule has 0 radical (unpaired) electrons. The van der Waals surface area contributed by atoms with Gasteiger partial charge in [-0.25, -0.2) is 4.99 Å². The third kappa shape index (κ3) is 3.66. The maximum Gasteiger partial charge on any atom is 0.194 e. The fraction of sp³-hybridized carbons (Fsp3) is 0.611. The maximum absolute atomic E-state index is 5.48. The first kappa shape index (κ1) is 17.2. The summed E-state index contributed by atoms with van der Waals surface area (Å²) >= 11 is 0. The van der Waals surface area contributed by atoms with Crippen molar-refractivity contribution in [2.45, 2.75) is 25.9 Å². The summed E-state index contributed by atoms with van der Waals surface area (Å²) in [5, 5.41) is 11.9. The Morgan fingerprint density at radius 3 is 3.00 bits per heavy atom. The molecule has 2 aliphatic heterocycles. The largest absolute Gasteiger partial charge is 0.379 e. The number of hydrogen-bond acceptors (Lipinski definition) is 5. The summed E-state index contributed by atoms with van der Waals surface area (Å²) in [5.74, 6) is 1.83. The number of guanidine groups is 1. The minimum absolute atomic E-state index is 0.520. The second kappa shape index (κ2) is 8.01. The van der Waals surface area contributed by atoms with E-state index >= 15 is 0 Å². The van der Waals surface area contributed by atoms with Crippen LogP contribution in [0.25, 0.3) is 5.65 Å². The molecule has 0 amide bonds. The van der Waals surface area contributed by atoms with Gasteiger partial charge in [0.05, 0.1) is 13.2 Å². The van der Waals surface area contributed by atoms with Gasteiger partial charge in [0.25, 0.3) is 0 Å². The molecule has 26 heavy (non-hydrogen) atoms. The molecule has 0 spiro atoms. The van der Waals surface area contributed by atoms with E-state index in [0.717, 1.165) is 63.4 Å². The number of aliphatic imine (C=N–C) groups is 1. The highest BCUT2D eigenvalue weighted by Crippen LogP contribution is 2.17. The summed E-state index contributed by atoms with van der Waals surface area (Å²) in [4.78, 5) is 9.76. The Hall–Kier alpha value is -2.19. The number of morpholine rings is 1. The van der Waals surface area contributed by atoms with E-state index in [-0.39, 0.29) is 0 Å². The molecule has 2 saturated heterocycles. The predicted octanol–water partition coefficient (Wildman–Crippen LogP) is 0.601. The van der Waals surface area contributed by atoms with Crippen LogP contribution in [0.4, 0.5) is 0 Å². The van der Waals surface area contributed by atoms with Gasteiger partial charge in [-0.3, -0.25) is 9.30 Å². The molecule has 2 fully saturated rings. The number of likely N-dealkylation sites (tertiary alicyclic amines) is 1. The molecule has 0 saturated carbocycles. The van der Waals surface area contributed by atoms with E-state index in [1.807, 2.05) is 28.8 Å². The van der Waals surface area contributed by atoms with E-state index in [9.17, 15) is 0 Å². The SMILES string of the molecule is CCNC(=NCc1nnc2ccccn12)N1CCC(N2CCOCC2)C1. The third-order valence-electron chi connectivity index (χ3n) is 5.11. The van der Waals surface area contributed by atoms with E-state index in [4.69, 9.17) is 9.73 Å². The van der Waals surface area contributed by atoms with Crippen molar-refractivity contribution in [2.24, 2.45) is 4.99 Å². The molecule has 2 aromatic heterocycles. The van der Waals surface area contributed by atoms with Crippen LogP contribution in [0.2, 0.25) is 0 Å². The summed E-state index contributed by atoms with van der Waals surface area (Å²) in [5.41, 5.74) is 0.858. The third-order valence-corrected chi connectivity index (χ3v) is 5.11. The van der Waals surface area contributed by atoms with E-state index in [2.05, 4.69) is 32.2 Å². The summed E-state index contributed by atoms with van der Waals surface area (Å²) in [6, 6.07) is 6.51. The van der Waals surface area contributed by atoms with Crippen LogP contribution < -0.4 is 5.32 Å². The Morgan fingerprint density at radius 2 is 2.15 bits per heavy atom. The summed E-state index contributed by atoms with van der Waals surface area (Å²) in [7, 11) is 0. The molecule has 2 aromatic rings. The summed E-state index contributed by atoms with van der Waals surface area (Å²) in [6.45, 7) is 9.33. The quantitative estimate of drug-likeness (QED) is 0.638. The van der Waals surface area contributed by atoms with Crippen molar-refractivity contribution in [3.63, 3.8) is 0 Å². The van der Waals surface area contributed by atoms with Gasteiger partial charge in [0.2, 0.25) is 0 Å². The summed E-state index contributed by atoms with van der Waals surface area (Å²) < 4.78 is 7.47. The molecule has 1 atom stereocenters. The molecular weight excluding hydrogens is 330 g/mol. The highest BCUT2D eigenvalue weighted by Gasteiger charge is 2.30. The van der Waals surface area contributed by atoms with Crippen molar-refractivity contribution in [2.75, 3.05) is 45.9 Å². The van der Waals surface area contributed by atoms with Gasteiger partial charge in [0, 0.05) is 45.0 Å². The van der Waals surface area contributed by atoms with E-state index in [1.54, 1.807) is 0 Å². The smallest absolute Gasteiger partial charge is 0.194 e. The number of fused-ring (bicyclic) bond motifs is 1. The Kier molecular flexibility index (Phi) is 5.31. The number of aromatic nitrogens is 3. The van der Waals surface area contributed by atoms with Crippen molar-refractivity contribution in [3.05, 3.63) is 30.2 Å². The topological polar surface area (TPSA) is 70.3 Å². The highest BCUT2D eigenvalue weighted by molar-refractivity contribution is 5.80. The second-order valence-corrected chi connectivity index (χ2v) is 6.75. The van der Waals surface area contributed by atoms with Crippen LogP contribution >= 0.6 is 0 Å². The Morgan fingerprint density at radius 1 is 1.27 bits per heavy atom. The van der Waals surface area contributed by atoms with Crippen LogP contribution in [-0.4, -0.2) is 82.3 Å². The lowest BCUT2D eigenvalue weighted by molar-refractivity contribution is 0.0195. The monoisotopic (exact) mass is 357 g/mol. The zero-order chi connectivity index (χ0) is 17.8. The van der Waals surface area contributed by atoms with Crippen LogP contribution in [0.3, 0.4) is 0 Å². The average molecular weight is 357 g/mol. The van der Waals surface area contributed by atoms with Crippen molar-refractivity contribution in [1.82, 2.24) is 29.7 Å². The first-order chi connectivity index (χ1) is 12.8. The number of nitrogens with zero attached hydrogens (tertiary/aromatic N) is 6.